The molecule has 3 rings (SSSR count). The van der Waals surface area contributed by atoms with E-state index in [1.54, 1.807) is 19.1 Å². The third-order valence-electron chi connectivity index (χ3n) is 3.88. The van der Waals surface area contributed by atoms with Gasteiger partial charge in [0.25, 0.3) is 5.91 Å². The maximum absolute atomic E-state index is 13.0. The van der Waals surface area contributed by atoms with Gasteiger partial charge in [-0.15, -0.1) is 0 Å². The number of nitrogens with one attached hydrogen (secondary N) is 1. The van der Waals surface area contributed by atoms with Crippen LogP contribution in [0.5, 0.6) is 0 Å². The van der Waals surface area contributed by atoms with E-state index in [4.69, 9.17) is 16.3 Å². The van der Waals surface area contributed by atoms with E-state index in [0.717, 1.165) is 13.0 Å². The number of hydrogen-bond donors (Lipinski definition) is 1. The molecule has 2 heterocycles. The molecule has 0 aliphatic carbocycles. The SMILES string of the molecule is Cc1nn(-c2ccc(F)cc2)c(Cl)c1C(=O)NC[C@@H]1CCOC1. The highest BCUT2D eigenvalue weighted by Gasteiger charge is 2.23. The number of hydrogen-bond acceptors (Lipinski definition) is 3. The van der Waals surface area contributed by atoms with Crippen LogP contribution < -0.4 is 5.32 Å². The molecule has 1 aromatic carbocycles. The minimum atomic E-state index is -0.342. The third kappa shape index (κ3) is 3.38. The van der Waals surface area contributed by atoms with E-state index in [1.807, 2.05) is 0 Å². The third-order valence-corrected chi connectivity index (χ3v) is 4.23. The molecule has 1 N–H and O–H groups in total. The Morgan fingerprint density at radius 2 is 2.22 bits per heavy atom. The summed E-state index contributed by atoms with van der Waals surface area (Å²) in [5, 5.41) is 7.38. The number of halogens is 2. The summed E-state index contributed by atoms with van der Waals surface area (Å²) in [5.41, 5.74) is 1.47. The lowest BCUT2D eigenvalue weighted by Gasteiger charge is -2.09. The highest BCUT2D eigenvalue weighted by Crippen LogP contribution is 2.24. The lowest BCUT2D eigenvalue weighted by molar-refractivity contribution is 0.0944. The number of aryl methyl sites for hydroxylation is 1. The molecular weight excluding hydrogens is 321 g/mol. The molecule has 1 saturated heterocycles. The molecule has 0 unspecified atom stereocenters. The van der Waals surface area contributed by atoms with Crippen molar-refractivity contribution in [2.75, 3.05) is 19.8 Å². The Morgan fingerprint density at radius 3 is 2.87 bits per heavy atom. The van der Waals surface area contributed by atoms with Crippen molar-refractivity contribution >= 4 is 17.5 Å². The highest BCUT2D eigenvalue weighted by atomic mass is 35.5. The van der Waals surface area contributed by atoms with Gasteiger partial charge >= 0.3 is 0 Å². The lowest BCUT2D eigenvalue weighted by Crippen LogP contribution is -2.29. The monoisotopic (exact) mass is 337 g/mol. The first-order valence-corrected chi connectivity index (χ1v) is 7.81. The molecule has 5 nitrogen and oxygen atoms in total. The van der Waals surface area contributed by atoms with Crippen molar-refractivity contribution in [1.82, 2.24) is 15.1 Å². The zero-order valence-electron chi connectivity index (χ0n) is 12.7. The van der Waals surface area contributed by atoms with Crippen LogP contribution in [0.3, 0.4) is 0 Å². The second-order valence-electron chi connectivity index (χ2n) is 5.58. The number of aromatic nitrogens is 2. The number of amides is 1. The van der Waals surface area contributed by atoms with Gasteiger partial charge in [-0.2, -0.15) is 5.10 Å². The van der Waals surface area contributed by atoms with Crippen LogP contribution in [0, 0.1) is 18.7 Å². The van der Waals surface area contributed by atoms with Crippen LogP contribution >= 0.6 is 11.6 Å². The summed E-state index contributed by atoms with van der Waals surface area (Å²) in [6.45, 7) is 3.68. The minimum absolute atomic E-state index is 0.217. The number of nitrogens with zero attached hydrogens (tertiary/aromatic N) is 2. The first kappa shape index (κ1) is 16.0. The van der Waals surface area contributed by atoms with Crippen molar-refractivity contribution in [3.63, 3.8) is 0 Å². The molecule has 1 amide bonds. The smallest absolute Gasteiger partial charge is 0.256 e. The molecule has 0 radical (unpaired) electrons. The predicted molar refractivity (Wildman–Crippen MR) is 84.5 cm³/mol. The number of carbonyl (C=O) groups is 1. The van der Waals surface area contributed by atoms with Crippen molar-refractivity contribution in [3.05, 3.63) is 46.5 Å². The predicted octanol–water partition coefficient (Wildman–Crippen LogP) is 2.74. The summed E-state index contributed by atoms with van der Waals surface area (Å²) in [6, 6.07) is 5.77. The Morgan fingerprint density at radius 1 is 1.48 bits per heavy atom. The molecule has 23 heavy (non-hydrogen) atoms. The standard InChI is InChI=1S/C16H17ClFN3O2/c1-10-14(16(22)19-8-11-6-7-23-9-11)15(17)21(20-10)13-4-2-12(18)3-5-13/h2-5,11H,6-9H2,1H3,(H,19,22)/t11-/m0/s1. The number of carbonyl (C=O) groups excluding carboxylic acids is 1. The number of benzene rings is 1. The maximum atomic E-state index is 13.0. The largest absolute Gasteiger partial charge is 0.381 e. The van der Waals surface area contributed by atoms with Gasteiger partial charge in [0, 0.05) is 19.1 Å². The minimum Gasteiger partial charge on any atom is -0.381 e. The van der Waals surface area contributed by atoms with Gasteiger partial charge in [0.2, 0.25) is 0 Å². The van der Waals surface area contributed by atoms with E-state index in [-0.39, 0.29) is 16.9 Å². The maximum Gasteiger partial charge on any atom is 0.256 e. The van der Waals surface area contributed by atoms with Crippen LogP contribution in [0.2, 0.25) is 5.15 Å². The fourth-order valence-corrected chi connectivity index (χ4v) is 2.94. The van der Waals surface area contributed by atoms with Crippen molar-refractivity contribution in [2.45, 2.75) is 13.3 Å². The topological polar surface area (TPSA) is 56.2 Å². The molecule has 0 bridgehead atoms. The summed E-state index contributed by atoms with van der Waals surface area (Å²) in [5.74, 6) is -0.261. The Balaban J connectivity index is 1.79. The Labute approximate surface area is 138 Å². The Hall–Kier alpha value is -1.92. The van der Waals surface area contributed by atoms with Crippen LogP contribution in [0.1, 0.15) is 22.5 Å². The van der Waals surface area contributed by atoms with Gasteiger partial charge in [0.15, 0.2) is 0 Å². The summed E-state index contributed by atoms with van der Waals surface area (Å²) in [7, 11) is 0. The van der Waals surface area contributed by atoms with E-state index in [0.29, 0.717) is 36.0 Å². The fourth-order valence-electron chi connectivity index (χ4n) is 2.58. The molecule has 0 spiro atoms. The quantitative estimate of drug-likeness (QED) is 0.933. The lowest BCUT2D eigenvalue weighted by atomic mass is 10.1. The second kappa shape index (κ2) is 6.68. The average molecular weight is 338 g/mol. The molecule has 2 aromatic rings. The molecular formula is C16H17ClFN3O2. The first-order valence-electron chi connectivity index (χ1n) is 7.43. The van der Waals surface area contributed by atoms with Gasteiger partial charge in [0.05, 0.1) is 23.6 Å². The Bertz CT molecular complexity index is 709. The van der Waals surface area contributed by atoms with Gasteiger partial charge in [-0.05, 0) is 37.6 Å². The van der Waals surface area contributed by atoms with Crippen molar-refractivity contribution in [3.8, 4) is 5.69 Å². The van der Waals surface area contributed by atoms with Crippen molar-refractivity contribution < 1.29 is 13.9 Å². The van der Waals surface area contributed by atoms with Gasteiger partial charge < -0.3 is 10.1 Å². The molecule has 7 heteroatoms. The number of rotatable bonds is 4. The fraction of sp³-hybridized carbons (Fsp3) is 0.375. The van der Waals surface area contributed by atoms with E-state index in [2.05, 4.69) is 10.4 Å². The average Bonchev–Trinajstić information content (AvgIpc) is 3.14. The first-order chi connectivity index (χ1) is 11.1. The number of ether oxygens (including phenoxy) is 1. The molecule has 1 aliphatic rings. The van der Waals surface area contributed by atoms with Crippen LogP contribution in [0.15, 0.2) is 24.3 Å². The zero-order chi connectivity index (χ0) is 16.4. The van der Waals surface area contributed by atoms with E-state index >= 15 is 0 Å². The van der Waals surface area contributed by atoms with E-state index in [1.165, 1.54) is 16.8 Å². The normalized spacial score (nSPS) is 17.4. The van der Waals surface area contributed by atoms with Gasteiger partial charge in [-0.25, -0.2) is 9.07 Å². The summed E-state index contributed by atoms with van der Waals surface area (Å²) >= 11 is 6.32. The summed E-state index contributed by atoms with van der Waals surface area (Å²) in [4.78, 5) is 12.4. The zero-order valence-corrected chi connectivity index (χ0v) is 13.4. The van der Waals surface area contributed by atoms with Crippen molar-refractivity contribution in [1.29, 1.82) is 0 Å². The summed E-state index contributed by atoms with van der Waals surface area (Å²) in [6.07, 6.45) is 0.946. The summed E-state index contributed by atoms with van der Waals surface area (Å²) < 4.78 is 19.8. The van der Waals surface area contributed by atoms with Crippen LogP contribution in [-0.4, -0.2) is 35.4 Å². The van der Waals surface area contributed by atoms with Gasteiger partial charge in [-0.1, -0.05) is 11.6 Å². The molecule has 1 atom stereocenters. The van der Waals surface area contributed by atoms with E-state index < -0.39 is 0 Å². The van der Waals surface area contributed by atoms with E-state index in [9.17, 15) is 9.18 Å². The second-order valence-corrected chi connectivity index (χ2v) is 5.94. The molecule has 1 aliphatic heterocycles. The molecule has 1 fully saturated rings. The van der Waals surface area contributed by atoms with Crippen LogP contribution in [0.4, 0.5) is 4.39 Å². The van der Waals surface area contributed by atoms with Gasteiger partial charge in [0.1, 0.15) is 11.0 Å². The van der Waals surface area contributed by atoms with Crippen LogP contribution in [0.25, 0.3) is 5.69 Å². The molecule has 0 saturated carbocycles. The van der Waals surface area contributed by atoms with Crippen LogP contribution in [-0.2, 0) is 4.74 Å². The Kier molecular flexibility index (Phi) is 4.63. The molecule has 122 valence electrons. The van der Waals surface area contributed by atoms with Gasteiger partial charge in [-0.3, -0.25) is 4.79 Å². The highest BCUT2D eigenvalue weighted by molar-refractivity contribution is 6.33. The molecule has 1 aromatic heterocycles. The van der Waals surface area contributed by atoms with Crippen molar-refractivity contribution in [2.24, 2.45) is 5.92 Å².